The van der Waals surface area contributed by atoms with Gasteiger partial charge in [-0.2, -0.15) is 0 Å². The van der Waals surface area contributed by atoms with Crippen LogP contribution in [0.4, 0.5) is 5.69 Å². The first-order chi connectivity index (χ1) is 10.8. The van der Waals surface area contributed by atoms with Crippen molar-refractivity contribution in [2.45, 2.75) is 11.3 Å². The highest BCUT2D eigenvalue weighted by atomic mass is 32.2. The highest BCUT2D eigenvalue weighted by Crippen LogP contribution is 2.48. The Labute approximate surface area is 133 Å². The molecule has 1 fully saturated rings. The smallest absolute Gasteiger partial charge is 0.307 e. The molecule has 4 N–H and O–H groups in total. The Morgan fingerprint density at radius 1 is 1.13 bits per heavy atom. The van der Waals surface area contributed by atoms with Crippen molar-refractivity contribution in [2.24, 2.45) is 28.8 Å². The second kappa shape index (κ2) is 5.47. The van der Waals surface area contributed by atoms with Gasteiger partial charge in [-0.3, -0.25) is 9.59 Å². The number of carboxylic acid groups (broad SMARTS) is 1. The van der Waals surface area contributed by atoms with Crippen molar-refractivity contribution < 1.29 is 23.1 Å². The van der Waals surface area contributed by atoms with E-state index >= 15 is 0 Å². The summed E-state index contributed by atoms with van der Waals surface area (Å²) in [5.74, 6) is -3.29. The number of sulfonamides is 1. The van der Waals surface area contributed by atoms with Gasteiger partial charge in [0.15, 0.2) is 0 Å². The van der Waals surface area contributed by atoms with Crippen LogP contribution < -0.4 is 10.5 Å². The fourth-order valence-electron chi connectivity index (χ4n) is 3.55. The lowest BCUT2D eigenvalue weighted by Gasteiger charge is -2.24. The molecule has 8 heteroatoms. The molecule has 122 valence electrons. The quantitative estimate of drug-likeness (QED) is 0.701. The topological polar surface area (TPSA) is 127 Å². The van der Waals surface area contributed by atoms with Crippen molar-refractivity contribution >= 4 is 27.6 Å². The average molecular weight is 336 g/mol. The molecule has 2 aliphatic rings. The number of benzene rings is 1. The van der Waals surface area contributed by atoms with Crippen molar-refractivity contribution in [1.82, 2.24) is 0 Å². The summed E-state index contributed by atoms with van der Waals surface area (Å²) in [7, 11) is -3.99. The largest absolute Gasteiger partial charge is 0.481 e. The van der Waals surface area contributed by atoms with Gasteiger partial charge in [-0.25, -0.2) is 13.6 Å². The lowest BCUT2D eigenvalue weighted by molar-refractivity contribution is -0.146. The molecule has 3 rings (SSSR count). The van der Waals surface area contributed by atoms with Crippen LogP contribution in [0, 0.1) is 23.7 Å². The van der Waals surface area contributed by atoms with Gasteiger partial charge in [-0.05, 0) is 30.4 Å². The van der Waals surface area contributed by atoms with Crippen molar-refractivity contribution in [1.29, 1.82) is 0 Å². The Morgan fingerprint density at radius 2 is 1.74 bits per heavy atom. The molecule has 1 amide bonds. The van der Waals surface area contributed by atoms with Gasteiger partial charge < -0.3 is 10.4 Å². The van der Waals surface area contributed by atoms with E-state index in [4.69, 9.17) is 5.14 Å². The predicted molar refractivity (Wildman–Crippen MR) is 81.8 cm³/mol. The van der Waals surface area contributed by atoms with E-state index in [0.29, 0.717) is 6.42 Å². The Bertz CT molecular complexity index is 802. The van der Waals surface area contributed by atoms with Crippen molar-refractivity contribution in [3.05, 3.63) is 36.4 Å². The van der Waals surface area contributed by atoms with E-state index in [1.54, 1.807) is 6.07 Å². The van der Waals surface area contributed by atoms with Crippen LogP contribution >= 0.6 is 0 Å². The summed E-state index contributed by atoms with van der Waals surface area (Å²) in [6, 6.07) is 5.78. The first kappa shape index (κ1) is 15.7. The zero-order valence-electron chi connectivity index (χ0n) is 12.0. The third-order valence-electron chi connectivity index (χ3n) is 4.50. The molecule has 0 aromatic heterocycles. The normalized spacial score (nSPS) is 28.7. The van der Waals surface area contributed by atoms with Gasteiger partial charge >= 0.3 is 5.97 Å². The molecule has 0 unspecified atom stereocenters. The first-order valence-electron chi connectivity index (χ1n) is 7.13. The molecule has 0 heterocycles. The second-order valence-corrected chi connectivity index (χ2v) is 7.40. The average Bonchev–Trinajstić information content (AvgIpc) is 3.07. The van der Waals surface area contributed by atoms with Crippen LogP contribution in [0.15, 0.2) is 41.3 Å². The zero-order chi connectivity index (χ0) is 16.8. The summed E-state index contributed by atoms with van der Waals surface area (Å²) in [5.41, 5.74) is 0.0656. The van der Waals surface area contributed by atoms with Crippen LogP contribution in [0.25, 0.3) is 0 Å². The number of nitrogens with one attached hydrogen (secondary N) is 1. The lowest BCUT2D eigenvalue weighted by Crippen LogP contribution is -2.36. The molecule has 1 aromatic carbocycles. The molecule has 1 saturated carbocycles. The van der Waals surface area contributed by atoms with Crippen LogP contribution in [0.1, 0.15) is 6.42 Å². The predicted octanol–water partition coefficient (Wildman–Crippen LogP) is 0.795. The number of para-hydroxylation sites is 1. The summed E-state index contributed by atoms with van der Waals surface area (Å²) in [4.78, 5) is 23.8. The van der Waals surface area contributed by atoms with Gasteiger partial charge in [0, 0.05) is 0 Å². The van der Waals surface area contributed by atoms with Gasteiger partial charge in [0.05, 0.1) is 17.5 Å². The third-order valence-corrected chi connectivity index (χ3v) is 5.47. The number of hydrogen-bond acceptors (Lipinski definition) is 4. The minimum Gasteiger partial charge on any atom is -0.481 e. The highest BCUT2D eigenvalue weighted by Gasteiger charge is 2.51. The molecular weight excluding hydrogens is 320 g/mol. The standard InChI is InChI=1S/C15H16N2O5S/c16-23(21,22)11-4-2-1-3-10(11)17-14(18)12-8-5-6-9(7-8)13(12)15(19)20/h1-6,8-9,12-13H,7H2,(H,17,18)(H,19,20)(H2,16,21,22)/t8-,9+,12-,13+/m1/s1. The lowest BCUT2D eigenvalue weighted by atomic mass is 9.82. The Balaban J connectivity index is 1.89. The number of rotatable bonds is 4. The Kier molecular flexibility index (Phi) is 3.73. The van der Waals surface area contributed by atoms with E-state index in [0.717, 1.165) is 0 Å². The number of primary sulfonamides is 1. The molecule has 4 atom stereocenters. The summed E-state index contributed by atoms with van der Waals surface area (Å²) >= 11 is 0. The molecule has 2 bridgehead atoms. The number of aliphatic carboxylic acids is 1. The molecule has 0 radical (unpaired) electrons. The van der Waals surface area contributed by atoms with Crippen molar-refractivity contribution in [2.75, 3.05) is 5.32 Å². The van der Waals surface area contributed by atoms with E-state index in [9.17, 15) is 23.1 Å². The maximum atomic E-state index is 12.6. The van der Waals surface area contributed by atoms with E-state index in [-0.39, 0.29) is 22.4 Å². The maximum Gasteiger partial charge on any atom is 0.307 e. The van der Waals surface area contributed by atoms with Crippen LogP contribution in [-0.4, -0.2) is 25.4 Å². The summed E-state index contributed by atoms with van der Waals surface area (Å²) in [6.45, 7) is 0. The molecule has 0 spiro atoms. The number of hydrogen-bond donors (Lipinski definition) is 3. The fraction of sp³-hybridized carbons (Fsp3) is 0.333. The van der Waals surface area contributed by atoms with Gasteiger partial charge in [0.25, 0.3) is 0 Å². The molecule has 7 nitrogen and oxygen atoms in total. The number of nitrogens with two attached hydrogens (primary N) is 1. The minimum absolute atomic E-state index is 0.0656. The Morgan fingerprint density at radius 3 is 2.35 bits per heavy atom. The van der Waals surface area contributed by atoms with E-state index in [1.807, 2.05) is 12.2 Å². The van der Waals surface area contributed by atoms with Crippen LogP contribution in [0.3, 0.4) is 0 Å². The molecule has 2 aliphatic carbocycles. The number of fused-ring (bicyclic) bond motifs is 2. The Hall–Kier alpha value is -2.19. The molecule has 0 saturated heterocycles. The number of carbonyl (C=O) groups is 2. The third kappa shape index (κ3) is 2.75. The maximum absolute atomic E-state index is 12.6. The molecular formula is C15H16N2O5S. The van der Waals surface area contributed by atoms with E-state index in [1.165, 1.54) is 18.2 Å². The van der Waals surface area contributed by atoms with Gasteiger partial charge in [-0.15, -0.1) is 0 Å². The minimum atomic E-state index is -3.99. The van der Waals surface area contributed by atoms with Gasteiger partial charge in [-0.1, -0.05) is 24.3 Å². The van der Waals surface area contributed by atoms with E-state index < -0.39 is 33.7 Å². The summed E-state index contributed by atoms with van der Waals surface area (Å²) in [5, 5.41) is 17.0. The molecule has 0 aliphatic heterocycles. The number of carbonyl (C=O) groups excluding carboxylic acids is 1. The SMILES string of the molecule is NS(=O)(=O)c1ccccc1NC(=O)[C@H]1[C@@H](C(=O)O)[C@H]2C=C[C@@H]1C2. The van der Waals surface area contributed by atoms with Crippen LogP contribution in [0.2, 0.25) is 0 Å². The van der Waals surface area contributed by atoms with Gasteiger partial charge in [0.2, 0.25) is 15.9 Å². The second-order valence-electron chi connectivity index (χ2n) is 5.87. The zero-order valence-corrected chi connectivity index (χ0v) is 12.9. The first-order valence-corrected chi connectivity index (χ1v) is 8.67. The number of allylic oxidation sites excluding steroid dienone is 2. The van der Waals surface area contributed by atoms with Crippen LogP contribution in [-0.2, 0) is 19.6 Å². The fourth-order valence-corrected chi connectivity index (χ4v) is 4.24. The van der Waals surface area contributed by atoms with Gasteiger partial charge in [0.1, 0.15) is 4.90 Å². The summed E-state index contributed by atoms with van der Waals surface area (Å²) < 4.78 is 23.2. The van der Waals surface area contributed by atoms with Crippen molar-refractivity contribution in [3.63, 3.8) is 0 Å². The van der Waals surface area contributed by atoms with Crippen LogP contribution in [0.5, 0.6) is 0 Å². The number of carboxylic acids is 1. The highest BCUT2D eigenvalue weighted by molar-refractivity contribution is 7.89. The number of anilines is 1. The van der Waals surface area contributed by atoms with Crippen molar-refractivity contribution in [3.8, 4) is 0 Å². The number of amides is 1. The molecule has 1 aromatic rings. The summed E-state index contributed by atoms with van der Waals surface area (Å²) in [6.07, 6.45) is 4.33. The molecule has 23 heavy (non-hydrogen) atoms. The monoisotopic (exact) mass is 336 g/mol. The van der Waals surface area contributed by atoms with E-state index in [2.05, 4.69) is 5.32 Å².